The zero-order chi connectivity index (χ0) is 11.8. The molecule has 2 saturated heterocycles. The molecule has 3 unspecified atom stereocenters. The summed E-state index contributed by atoms with van der Waals surface area (Å²) in [5, 5.41) is 4.28. The smallest absolute Gasteiger partial charge is 0.0822 e. The van der Waals surface area contributed by atoms with Crippen LogP contribution in [-0.4, -0.2) is 30.7 Å². The van der Waals surface area contributed by atoms with Gasteiger partial charge in [0.15, 0.2) is 0 Å². The Bertz CT molecular complexity index is 409. The van der Waals surface area contributed by atoms with E-state index in [4.69, 9.17) is 11.6 Å². The molecule has 2 aliphatic rings. The molecule has 1 aromatic heterocycles. The lowest BCUT2D eigenvalue weighted by Crippen LogP contribution is -2.35. The number of rotatable bonds is 2. The summed E-state index contributed by atoms with van der Waals surface area (Å²) in [5.74, 6) is 1.56. The third kappa shape index (κ3) is 1.81. The van der Waals surface area contributed by atoms with Gasteiger partial charge in [-0.1, -0.05) is 18.5 Å². The van der Waals surface area contributed by atoms with Crippen LogP contribution in [0.4, 0.5) is 5.69 Å². The van der Waals surface area contributed by atoms with Gasteiger partial charge >= 0.3 is 0 Å². The van der Waals surface area contributed by atoms with E-state index >= 15 is 0 Å². The van der Waals surface area contributed by atoms with Crippen molar-refractivity contribution in [2.24, 2.45) is 11.8 Å². The molecule has 0 aliphatic carbocycles. The van der Waals surface area contributed by atoms with Gasteiger partial charge in [0.2, 0.25) is 0 Å². The second kappa shape index (κ2) is 4.46. The zero-order valence-corrected chi connectivity index (χ0v) is 10.8. The maximum atomic E-state index is 6.26. The summed E-state index contributed by atoms with van der Waals surface area (Å²) in [4.78, 5) is 6.55. The molecule has 0 spiro atoms. The number of pyridine rings is 1. The normalized spacial score (nSPS) is 31.9. The number of hydrogen-bond acceptors (Lipinski definition) is 3. The number of fused-ring (bicyclic) bond motifs is 1. The van der Waals surface area contributed by atoms with E-state index in [0.717, 1.165) is 42.2 Å². The average Bonchev–Trinajstić information content (AvgIpc) is 2.89. The maximum absolute atomic E-state index is 6.26. The first kappa shape index (κ1) is 11.3. The van der Waals surface area contributed by atoms with Gasteiger partial charge in [-0.25, -0.2) is 0 Å². The third-order valence-corrected chi connectivity index (χ3v) is 4.49. The van der Waals surface area contributed by atoms with Crippen LogP contribution in [0.15, 0.2) is 18.5 Å². The van der Waals surface area contributed by atoms with Crippen molar-refractivity contribution < 1.29 is 0 Å². The summed E-state index contributed by atoms with van der Waals surface area (Å²) >= 11 is 6.26. The number of nitrogens with zero attached hydrogens (tertiary/aromatic N) is 2. The molecule has 3 rings (SSSR count). The number of hydrogen-bond donors (Lipinski definition) is 1. The standard InChI is InChI=1S/C13H18ClN3/c1-2-12-10-6-16-5-9(10)8-17(12)13-3-4-15-7-11(13)14/h3-4,7,9-10,12,16H,2,5-6,8H2,1H3. The van der Waals surface area contributed by atoms with Crippen molar-refractivity contribution in [2.75, 3.05) is 24.5 Å². The Kier molecular flexibility index (Phi) is 2.97. The van der Waals surface area contributed by atoms with Gasteiger partial charge in [-0.3, -0.25) is 4.98 Å². The fraction of sp³-hybridized carbons (Fsp3) is 0.615. The van der Waals surface area contributed by atoms with Gasteiger partial charge in [0.1, 0.15) is 0 Å². The zero-order valence-electron chi connectivity index (χ0n) is 10.1. The quantitative estimate of drug-likeness (QED) is 0.873. The summed E-state index contributed by atoms with van der Waals surface area (Å²) in [5.41, 5.74) is 1.16. The van der Waals surface area contributed by atoms with E-state index in [2.05, 4.69) is 22.1 Å². The minimum absolute atomic E-state index is 0.620. The van der Waals surface area contributed by atoms with E-state index in [1.807, 2.05) is 12.3 Å². The van der Waals surface area contributed by atoms with Crippen molar-refractivity contribution in [1.82, 2.24) is 10.3 Å². The lowest BCUT2D eigenvalue weighted by molar-refractivity contribution is 0.442. The lowest BCUT2D eigenvalue weighted by Gasteiger charge is -2.29. The minimum Gasteiger partial charge on any atom is -0.367 e. The van der Waals surface area contributed by atoms with Crippen molar-refractivity contribution in [3.8, 4) is 0 Å². The highest BCUT2D eigenvalue weighted by Crippen LogP contribution is 2.39. The molecule has 3 nitrogen and oxygen atoms in total. The molecule has 1 N–H and O–H groups in total. The molecule has 1 aromatic rings. The number of nitrogens with one attached hydrogen (secondary N) is 1. The number of aromatic nitrogens is 1. The fourth-order valence-corrected chi connectivity index (χ4v) is 3.65. The Hall–Kier alpha value is -0.800. The molecule has 0 bridgehead atoms. The second-order valence-electron chi connectivity index (χ2n) is 5.04. The van der Waals surface area contributed by atoms with Crippen molar-refractivity contribution in [3.63, 3.8) is 0 Å². The van der Waals surface area contributed by atoms with Gasteiger partial charge in [0.25, 0.3) is 0 Å². The molecule has 0 radical (unpaired) electrons. The van der Waals surface area contributed by atoms with Crippen LogP contribution >= 0.6 is 11.6 Å². The van der Waals surface area contributed by atoms with Gasteiger partial charge in [-0.15, -0.1) is 0 Å². The molecule has 17 heavy (non-hydrogen) atoms. The van der Waals surface area contributed by atoms with E-state index < -0.39 is 0 Å². The van der Waals surface area contributed by atoms with Crippen molar-refractivity contribution >= 4 is 17.3 Å². The van der Waals surface area contributed by atoms with Crippen LogP contribution < -0.4 is 10.2 Å². The van der Waals surface area contributed by atoms with Crippen molar-refractivity contribution in [2.45, 2.75) is 19.4 Å². The van der Waals surface area contributed by atoms with E-state index in [1.54, 1.807) is 6.20 Å². The molecule has 0 aromatic carbocycles. The molecule has 92 valence electrons. The lowest BCUT2D eigenvalue weighted by atomic mass is 9.93. The van der Waals surface area contributed by atoms with E-state index in [9.17, 15) is 0 Å². The number of halogens is 1. The Morgan fingerprint density at radius 1 is 1.53 bits per heavy atom. The predicted molar refractivity (Wildman–Crippen MR) is 70.5 cm³/mol. The molecule has 3 heterocycles. The monoisotopic (exact) mass is 251 g/mol. The molecule has 4 heteroatoms. The van der Waals surface area contributed by atoms with E-state index in [-0.39, 0.29) is 0 Å². The maximum Gasteiger partial charge on any atom is 0.0822 e. The van der Waals surface area contributed by atoms with E-state index in [0.29, 0.717) is 6.04 Å². The highest BCUT2D eigenvalue weighted by Gasteiger charge is 2.43. The summed E-state index contributed by atoms with van der Waals surface area (Å²) in [7, 11) is 0. The molecular weight excluding hydrogens is 234 g/mol. The SMILES string of the molecule is CCC1C2CNCC2CN1c1ccncc1Cl. The Labute approximate surface area is 107 Å². The van der Waals surface area contributed by atoms with Gasteiger partial charge in [0.05, 0.1) is 10.7 Å². The first-order valence-corrected chi connectivity index (χ1v) is 6.76. The average molecular weight is 252 g/mol. The highest BCUT2D eigenvalue weighted by molar-refractivity contribution is 6.33. The summed E-state index contributed by atoms with van der Waals surface area (Å²) in [6.45, 7) is 5.70. The first-order valence-electron chi connectivity index (χ1n) is 6.38. The van der Waals surface area contributed by atoms with Gasteiger partial charge in [0, 0.05) is 38.1 Å². The Balaban J connectivity index is 1.91. The molecule has 3 atom stereocenters. The topological polar surface area (TPSA) is 28.2 Å². The van der Waals surface area contributed by atoms with Crippen molar-refractivity contribution in [1.29, 1.82) is 0 Å². The molecule has 0 amide bonds. The van der Waals surface area contributed by atoms with Crippen LogP contribution in [0.3, 0.4) is 0 Å². The van der Waals surface area contributed by atoms with Gasteiger partial charge < -0.3 is 10.2 Å². The van der Waals surface area contributed by atoms with Gasteiger partial charge in [-0.05, 0) is 24.3 Å². The molecule has 2 fully saturated rings. The molecule has 2 aliphatic heterocycles. The van der Waals surface area contributed by atoms with Crippen LogP contribution in [0.25, 0.3) is 0 Å². The minimum atomic E-state index is 0.620. The molecular formula is C13H18ClN3. The van der Waals surface area contributed by atoms with Crippen LogP contribution in [0.1, 0.15) is 13.3 Å². The largest absolute Gasteiger partial charge is 0.367 e. The van der Waals surface area contributed by atoms with E-state index in [1.165, 1.54) is 6.42 Å². The van der Waals surface area contributed by atoms with Crippen molar-refractivity contribution in [3.05, 3.63) is 23.5 Å². The van der Waals surface area contributed by atoms with Gasteiger partial charge in [-0.2, -0.15) is 0 Å². The van der Waals surface area contributed by atoms with Crippen LogP contribution in [-0.2, 0) is 0 Å². The second-order valence-corrected chi connectivity index (χ2v) is 5.44. The number of anilines is 1. The summed E-state index contributed by atoms with van der Waals surface area (Å²) in [6.07, 6.45) is 4.76. The third-order valence-electron chi connectivity index (χ3n) is 4.20. The summed E-state index contributed by atoms with van der Waals surface area (Å²) < 4.78 is 0. The van der Waals surface area contributed by atoms with Crippen LogP contribution in [0.5, 0.6) is 0 Å². The Morgan fingerprint density at radius 2 is 2.41 bits per heavy atom. The first-order chi connectivity index (χ1) is 8.31. The van der Waals surface area contributed by atoms with Crippen LogP contribution in [0.2, 0.25) is 5.02 Å². The Morgan fingerprint density at radius 3 is 3.18 bits per heavy atom. The van der Waals surface area contributed by atoms with Crippen LogP contribution in [0, 0.1) is 11.8 Å². The molecule has 0 saturated carbocycles. The summed E-state index contributed by atoms with van der Waals surface area (Å²) in [6, 6.07) is 2.66. The highest BCUT2D eigenvalue weighted by atomic mass is 35.5. The fourth-order valence-electron chi connectivity index (χ4n) is 3.42. The predicted octanol–water partition coefficient (Wildman–Crippen LogP) is 2.17.